The summed E-state index contributed by atoms with van der Waals surface area (Å²) in [5, 5.41) is 12.9. The number of nitriles is 1. The molecule has 1 atom stereocenters. The summed E-state index contributed by atoms with van der Waals surface area (Å²) >= 11 is 6.14. The molecule has 0 bridgehead atoms. The minimum Gasteiger partial charge on any atom is -0.489 e. The molecule has 0 aliphatic carbocycles. The molecule has 0 radical (unpaired) electrons. The molecule has 0 unspecified atom stereocenters. The summed E-state index contributed by atoms with van der Waals surface area (Å²) in [6, 6.07) is 26.1. The molecule has 0 aliphatic heterocycles. The van der Waals surface area contributed by atoms with Crippen LogP contribution in [-0.4, -0.2) is 5.91 Å². The number of benzene rings is 3. The quantitative estimate of drug-likeness (QED) is 0.396. The van der Waals surface area contributed by atoms with Crippen molar-refractivity contribution in [1.82, 2.24) is 5.32 Å². The van der Waals surface area contributed by atoms with Gasteiger partial charge in [-0.05, 0) is 42.3 Å². The molecule has 1 amide bonds. The Bertz CT molecular complexity index is 1070. The average Bonchev–Trinajstić information content (AvgIpc) is 2.78. The first kappa shape index (κ1) is 21.2. The largest absolute Gasteiger partial charge is 0.489 e. The highest BCUT2D eigenvalue weighted by atomic mass is 35.5. The van der Waals surface area contributed by atoms with Crippen LogP contribution < -0.4 is 10.1 Å². The smallest absolute Gasteiger partial charge is 0.262 e. The van der Waals surface area contributed by atoms with Gasteiger partial charge in [0.25, 0.3) is 5.91 Å². The van der Waals surface area contributed by atoms with Crippen molar-refractivity contribution < 1.29 is 9.53 Å². The zero-order valence-corrected chi connectivity index (χ0v) is 17.3. The van der Waals surface area contributed by atoms with E-state index in [2.05, 4.69) is 5.32 Å². The molecule has 0 aliphatic rings. The average molecular weight is 417 g/mol. The predicted molar refractivity (Wildman–Crippen MR) is 119 cm³/mol. The predicted octanol–water partition coefficient (Wildman–Crippen LogP) is 5.70. The number of nitrogens with one attached hydrogen (secondary N) is 1. The van der Waals surface area contributed by atoms with Crippen molar-refractivity contribution in [3.8, 4) is 11.8 Å². The Balaban J connectivity index is 1.63. The molecule has 0 aromatic heterocycles. The van der Waals surface area contributed by atoms with E-state index in [1.165, 1.54) is 0 Å². The molecule has 4 nitrogen and oxygen atoms in total. The minimum atomic E-state index is -0.409. The van der Waals surface area contributed by atoms with Crippen molar-refractivity contribution >= 4 is 23.6 Å². The summed E-state index contributed by atoms with van der Waals surface area (Å²) in [4.78, 5) is 12.5. The Hall–Kier alpha value is -3.55. The zero-order valence-electron chi connectivity index (χ0n) is 16.5. The van der Waals surface area contributed by atoms with Gasteiger partial charge in [-0.15, -0.1) is 0 Å². The maximum Gasteiger partial charge on any atom is 0.262 e. The van der Waals surface area contributed by atoms with Crippen molar-refractivity contribution in [3.05, 3.63) is 106 Å². The molecular weight excluding hydrogens is 396 g/mol. The van der Waals surface area contributed by atoms with E-state index in [4.69, 9.17) is 16.3 Å². The van der Waals surface area contributed by atoms with Crippen LogP contribution in [0.1, 0.15) is 29.7 Å². The first-order valence-electron chi connectivity index (χ1n) is 9.50. The minimum absolute atomic E-state index is 0.0440. The molecule has 5 heteroatoms. The van der Waals surface area contributed by atoms with Gasteiger partial charge < -0.3 is 10.1 Å². The summed E-state index contributed by atoms with van der Waals surface area (Å²) in [6.45, 7) is 2.24. The summed E-state index contributed by atoms with van der Waals surface area (Å²) in [7, 11) is 0. The monoisotopic (exact) mass is 416 g/mol. The fourth-order valence-electron chi connectivity index (χ4n) is 2.85. The number of rotatable bonds is 7. The van der Waals surface area contributed by atoms with Gasteiger partial charge >= 0.3 is 0 Å². The Morgan fingerprint density at radius 2 is 1.73 bits per heavy atom. The van der Waals surface area contributed by atoms with Crippen LogP contribution in [0.15, 0.2) is 84.4 Å². The third kappa shape index (κ3) is 5.73. The van der Waals surface area contributed by atoms with Crippen molar-refractivity contribution in [2.45, 2.75) is 19.6 Å². The topological polar surface area (TPSA) is 62.1 Å². The fraction of sp³-hybridized carbons (Fsp3) is 0.120. The maximum absolute atomic E-state index is 12.5. The van der Waals surface area contributed by atoms with Gasteiger partial charge in [-0.25, -0.2) is 0 Å². The molecule has 0 saturated carbocycles. The van der Waals surface area contributed by atoms with E-state index in [1.807, 2.05) is 67.6 Å². The number of amides is 1. The van der Waals surface area contributed by atoms with Crippen LogP contribution in [0.5, 0.6) is 5.75 Å². The Morgan fingerprint density at radius 1 is 1.07 bits per heavy atom. The van der Waals surface area contributed by atoms with Gasteiger partial charge in [-0.2, -0.15) is 5.26 Å². The molecule has 3 aromatic rings. The van der Waals surface area contributed by atoms with Crippen molar-refractivity contribution in [2.24, 2.45) is 0 Å². The van der Waals surface area contributed by atoms with E-state index in [-0.39, 0.29) is 11.6 Å². The van der Waals surface area contributed by atoms with Crippen LogP contribution in [0.4, 0.5) is 0 Å². The molecule has 30 heavy (non-hydrogen) atoms. The van der Waals surface area contributed by atoms with Crippen LogP contribution in [0, 0.1) is 11.3 Å². The van der Waals surface area contributed by atoms with E-state index in [0.29, 0.717) is 17.4 Å². The number of nitrogens with zero attached hydrogens (tertiary/aromatic N) is 1. The van der Waals surface area contributed by atoms with Crippen LogP contribution in [0.25, 0.3) is 6.08 Å². The second-order valence-corrected chi connectivity index (χ2v) is 7.13. The second-order valence-electron chi connectivity index (χ2n) is 6.72. The van der Waals surface area contributed by atoms with E-state index in [9.17, 15) is 10.1 Å². The highest BCUT2D eigenvalue weighted by Gasteiger charge is 2.13. The van der Waals surface area contributed by atoms with Gasteiger partial charge in [0.15, 0.2) is 0 Å². The Labute approximate surface area is 181 Å². The molecule has 1 N–H and O–H groups in total. The van der Waals surface area contributed by atoms with E-state index >= 15 is 0 Å². The molecule has 0 spiro atoms. The fourth-order valence-corrected chi connectivity index (χ4v) is 3.04. The lowest BCUT2D eigenvalue weighted by Crippen LogP contribution is -2.27. The van der Waals surface area contributed by atoms with Gasteiger partial charge in [0, 0.05) is 10.6 Å². The number of hydrogen-bond acceptors (Lipinski definition) is 3. The molecule has 0 heterocycles. The highest BCUT2D eigenvalue weighted by molar-refractivity contribution is 6.31. The zero-order chi connectivity index (χ0) is 21.3. The first-order valence-corrected chi connectivity index (χ1v) is 9.88. The van der Waals surface area contributed by atoms with Gasteiger partial charge in [-0.3, -0.25) is 4.79 Å². The van der Waals surface area contributed by atoms with E-state index < -0.39 is 5.91 Å². The first-order chi connectivity index (χ1) is 14.6. The number of hydrogen-bond donors (Lipinski definition) is 1. The van der Waals surface area contributed by atoms with Gasteiger partial charge in [0.2, 0.25) is 0 Å². The molecule has 150 valence electrons. The lowest BCUT2D eigenvalue weighted by molar-refractivity contribution is -0.117. The third-order valence-electron chi connectivity index (χ3n) is 4.56. The Morgan fingerprint density at radius 3 is 2.40 bits per heavy atom. The van der Waals surface area contributed by atoms with Crippen LogP contribution in [-0.2, 0) is 11.4 Å². The van der Waals surface area contributed by atoms with E-state index in [1.54, 1.807) is 30.3 Å². The summed E-state index contributed by atoms with van der Waals surface area (Å²) in [5.74, 6) is 0.264. The van der Waals surface area contributed by atoms with Crippen LogP contribution >= 0.6 is 11.6 Å². The molecule has 3 aromatic carbocycles. The van der Waals surface area contributed by atoms with Crippen molar-refractivity contribution in [3.63, 3.8) is 0 Å². The second kappa shape index (κ2) is 10.3. The standard InChI is InChI=1S/C25H21ClN2O2/c1-18(20-7-3-2-4-8-20)28-25(29)22(16-27)15-19-11-13-23(14-12-19)30-17-21-9-5-6-10-24(21)26/h2-15,18H,17H2,1H3,(H,28,29)/b22-15+/t18-/m0/s1. The SMILES string of the molecule is C[C@H](NC(=O)/C(C#N)=C/c1ccc(OCc2ccccc2Cl)cc1)c1ccccc1. The summed E-state index contributed by atoms with van der Waals surface area (Å²) in [6.07, 6.45) is 1.56. The summed E-state index contributed by atoms with van der Waals surface area (Å²) < 4.78 is 5.76. The lowest BCUT2D eigenvalue weighted by atomic mass is 10.1. The van der Waals surface area contributed by atoms with Gasteiger partial charge in [-0.1, -0.05) is 72.3 Å². The summed E-state index contributed by atoms with van der Waals surface area (Å²) in [5.41, 5.74) is 2.66. The number of ether oxygens (including phenoxy) is 1. The highest BCUT2D eigenvalue weighted by Crippen LogP contribution is 2.20. The molecular formula is C25H21ClN2O2. The van der Waals surface area contributed by atoms with Crippen LogP contribution in [0.2, 0.25) is 5.02 Å². The van der Waals surface area contributed by atoms with Crippen molar-refractivity contribution in [2.75, 3.05) is 0 Å². The molecule has 0 saturated heterocycles. The molecule has 0 fully saturated rings. The van der Waals surface area contributed by atoms with Crippen LogP contribution in [0.3, 0.4) is 0 Å². The van der Waals surface area contributed by atoms with E-state index in [0.717, 1.165) is 16.7 Å². The lowest BCUT2D eigenvalue weighted by Gasteiger charge is -2.13. The van der Waals surface area contributed by atoms with Gasteiger partial charge in [0.1, 0.15) is 24.0 Å². The third-order valence-corrected chi connectivity index (χ3v) is 4.92. The molecule has 3 rings (SSSR count). The number of carbonyl (C=O) groups excluding carboxylic acids is 1. The van der Waals surface area contributed by atoms with Gasteiger partial charge in [0.05, 0.1) is 6.04 Å². The maximum atomic E-state index is 12.5. The number of halogens is 1. The van der Waals surface area contributed by atoms with Crippen molar-refractivity contribution in [1.29, 1.82) is 5.26 Å². The normalized spacial score (nSPS) is 12.0. The Kier molecular flexibility index (Phi) is 7.26. The number of carbonyl (C=O) groups is 1.